The molecule has 5 aromatic carbocycles. The van der Waals surface area contributed by atoms with Crippen LogP contribution in [0.25, 0.3) is 21.5 Å². The quantitative estimate of drug-likeness (QED) is 0.134. The largest absolute Gasteiger partial charge is 3.00 e. The van der Waals surface area contributed by atoms with Crippen molar-refractivity contribution in [2.24, 2.45) is 0 Å². The van der Waals surface area contributed by atoms with Gasteiger partial charge in [-0.3, -0.25) is 0 Å². The van der Waals surface area contributed by atoms with Crippen molar-refractivity contribution in [3.05, 3.63) is 120 Å². The molecule has 0 aliphatic rings. The van der Waals surface area contributed by atoms with Gasteiger partial charge in [-0.2, -0.15) is 12.1 Å². The van der Waals surface area contributed by atoms with Crippen LogP contribution in [-0.4, -0.2) is 10.2 Å². The molecule has 2 radical (unpaired) electrons. The van der Waals surface area contributed by atoms with Gasteiger partial charge >= 0.3 is 26.2 Å². The molecule has 0 bridgehead atoms. The third kappa shape index (κ3) is 11.2. The first-order valence-corrected chi connectivity index (χ1v) is 13.7. The fourth-order valence-electron chi connectivity index (χ4n) is 4.75. The Morgan fingerprint density at radius 1 is 0.615 bits per heavy atom. The van der Waals surface area contributed by atoms with E-state index in [1.807, 2.05) is 28.4 Å². The number of fused-ring (bicyclic) bond motifs is 2. The molecule has 0 heterocycles. The molecule has 0 fully saturated rings. The van der Waals surface area contributed by atoms with Crippen molar-refractivity contribution >= 4 is 61.8 Å². The molecule has 0 unspecified atom stereocenters. The Balaban J connectivity index is 0. The van der Waals surface area contributed by atoms with E-state index in [9.17, 15) is 0 Å². The molecule has 0 saturated carbocycles. The first-order chi connectivity index (χ1) is 16.8. The second kappa shape index (κ2) is 19.6. The van der Waals surface area contributed by atoms with Gasteiger partial charge in [0, 0.05) is 10.2 Å². The topological polar surface area (TPSA) is 0 Å². The molecule has 39 heavy (non-hydrogen) atoms. The van der Waals surface area contributed by atoms with Crippen molar-refractivity contribution in [2.45, 2.75) is 67.2 Å². The first kappa shape index (κ1) is 39.7. The summed E-state index contributed by atoms with van der Waals surface area (Å²) in [5.74, 6) is 0. The molecule has 0 aliphatic carbocycles. The smallest absolute Gasteiger partial charge is 0.358 e. The van der Waals surface area contributed by atoms with Crippen LogP contribution in [0.1, 0.15) is 60.1 Å². The van der Waals surface area contributed by atoms with Crippen LogP contribution in [0, 0.1) is 35.1 Å². The van der Waals surface area contributed by atoms with Crippen molar-refractivity contribution in [3.63, 3.8) is 0 Å². The molecule has 5 rings (SSSR count). The van der Waals surface area contributed by atoms with Gasteiger partial charge in [0.2, 0.25) is 0 Å². The SMILES string of the molecule is CCCc1ccc(C)c2[cH-]c(C)cc12.CCCc1ccc(C)c2[cH-]c(C)cc12.Cl.Cl.[CH3-].[SiH2]c1ccccc1.[Zr+3]. The van der Waals surface area contributed by atoms with Gasteiger partial charge in [0.25, 0.3) is 0 Å². The Morgan fingerprint density at radius 3 is 1.31 bits per heavy atom. The van der Waals surface area contributed by atoms with E-state index in [0.29, 0.717) is 0 Å². The van der Waals surface area contributed by atoms with Gasteiger partial charge in [-0.15, -0.1) is 92.9 Å². The van der Waals surface area contributed by atoms with Gasteiger partial charge in [-0.1, -0.05) is 113 Å². The normalized spacial score (nSPS) is 9.51. The summed E-state index contributed by atoms with van der Waals surface area (Å²) in [5.41, 5.74) is 8.56. The molecular weight excluding hydrogens is 611 g/mol. The molecule has 5 aromatic rings. The van der Waals surface area contributed by atoms with Crippen molar-refractivity contribution in [1.82, 2.24) is 0 Å². The zero-order chi connectivity index (χ0) is 25.4. The molecule has 208 valence electrons. The Kier molecular flexibility index (Phi) is 20.0. The summed E-state index contributed by atoms with van der Waals surface area (Å²) in [6.45, 7) is 13.2. The van der Waals surface area contributed by atoms with Crippen LogP contribution in [0.2, 0.25) is 0 Å². The first-order valence-electron chi connectivity index (χ1n) is 13.0. The summed E-state index contributed by atoms with van der Waals surface area (Å²) < 4.78 is 0. The Morgan fingerprint density at radius 2 is 1.00 bits per heavy atom. The molecule has 4 heteroatoms. The van der Waals surface area contributed by atoms with Gasteiger partial charge < -0.3 is 7.43 Å². The average molecular weight is 657 g/mol. The third-order valence-corrected chi connectivity index (χ3v) is 7.03. The predicted octanol–water partition coefficient (Wildman–Crippen LogP) is 9.49. The Labute approximate surface area is 273 Å². The Bertz CT molecular complexity index is 1280. The van der Waals surface area contributed by atoms with Crippen molar-refractivity contribution in [3.8, 4) is 0 Å². The maximum atomic E-state index is 2.31. The number of hydrogen-bond acceptors (Lipinski definition) is 0. The summed E-state index contributed by atoms with van der Waals surface area (Å²) in [6, 6.07) is 28.6. The fourth-order valence-corrected chi connectivity index (χ4v) is 5.02. The van der Waals surface area contributed by atoms with E-state index in [0.717, 1.165) is 0 Å². The van der Waals surface area contributed by atoms with E-state index in [4.69, 9.17) is 0 Å². The van der Waals surface area contributed by atoms with E-state index in [-0.39, 0.29) is 58.4 Å². The van der Waals surface area contributed by atoms with Crippen LogP contribution in [0.4, 0.5) is 0 Å². The van der Waals surface area contributed by atoms with Gasteiger partial charge in [0.05, 0.1) is 0 Å². The Hall–Kier alpha value is -1.44. The maximum Gasteiger partial charge on any atom is 3.00 e. The minimum Gasteiger partial charge on any atom is -0.358 e. The third-order valence-electron chi connectivity index (χ3n) is 6.56. The number of rotatable bonds is 4. The van der Waals surface area contributed by atoms with Crippen LogP contribution in [0.15, 0.2) is 78.9 Å². The zero-order valence-corrected chi connectivity index (χ0v) is 30.4. The van der Waals surface area contributed by atoms with Crippen LogP contribution in [0.5, 0.6) is 0 Å². The number of aryl methyl sites for hydroxylation is 6. The summed E-state index contributed by atoms with van der Waals surface area (Å²) in [6.07, 6.45) is 4.84. The van der Waals surface area contributed by atoms with Gasteiger partial charge in [-0.05, 0) is 12.8 Å². The summed E-state index contributed by atoms with van der Waals surface area (Å²) >= 11 is 0. The summed E-state index contributed by atoms with van der Waals surface area (Å²) in [4.78, 5) is 0. The molecule has 0 N–H and O–H groups in total. The van der Waals surface area contributed by atoms with Crippen LogP contribution in [0.3, 0.4) is 0 Å². The molecule has 0 amide bonds. The molecule has 0 spiro atoms. The fraction of sp³-hybridized carbons (Fsp3) is 0.286. The van der Waals surface area contributed by atoms with Gasteiger partial charge in [0.15, 0.2) is 0 Å². The van der Waals surface area contributed by atoms with Crippen molar-refractivity contribution in [1.29, 1.82) is 0 Å². The van der Waals surface area contributed by atoms with Crippen LogP contribution >= 0.6 is 24.8 Å². The van der Waals surface area contributed by atoms with Crippen LogP contribution < -0.4 is 5.19 Å². The second-order valence-corrected chi connectivity index (χ2v) is 10.6. The summed E-state index contributed by atoms with van der Waals surface area (Å²) in [5, 5.41) is 7.15. The molecule has 0 aliphatic heterocycles. The molecule has 0 atom stereocenters. The number of benzene rings is 3. The standard InChI is InChI=1S/2C14H17.C6H7Si.CH3.2ClH.Zr/c2*1-4-5-12-7-6-11(3)13-8-10(2)9-14(12)13;7-6-4-2-1-3-5-6;;;;/h2*6-9H,4-5H2,1-3H3;1-5H,7H2;1H3;2*1H;/q2*-1;;-1;;;+3. The van der Waals surface area contributed by atoms with Gasteiger partial charge in [0.1, 0.15) is 0 Å². The number of halogens is 2. The minimum absolute atomic E-state index is 0. The van der Waals surface area contributed by atoms with Crippen molar-refractivity contribution < 1.29 is 26.2 Å². The van der Waals surface area contributed by atoms with E-state index in [1.54, 1.807) is 0 Å². The molecular formula is C35H46Cl2SiZr. The minimum atomic E-state index is 0. The zero-order valence-electron chi connectivity index (χ0n) is 24.9. The monoisotopic (exact) mass is 654 g/mol. The van der Waals surface area contributed by atoms with E-state index in [2.05, 4.69) is 102 Å². The molecule has 0 saturated heterocycles. The maximum absolute atomic E-state index is 2.31. The predicted molar refractivity (Wildman–Crippen MR) is 182 cm³/mol. The van der Waals surface area contributed by atoms with E-state index >= 15 is 0 Å². The molecule has 0 nitrogen and oxygen atoms in total. The average Bonchev–Trinajstić information content (AvgIpc) is 3.43. The second-order valence-electron chi connectivity index (χ2n) is 9.79. The van der Waals surface area contributed by atoms with Crippen molar-refractivity contribution in [2.75, 3.05) is 0 Å². The van der Waals surface area contributed by atoms with E-state index in [1.165, 1.54) is 85.8 Å². The molecule has 0 aromatic heterocycles. The van der Waals surface area contributed by atoms with Crippen LogP contribution in [-0.2, 0) is 39.0 Å². The number of hydrogen-bond donors (Lipinski definition) is 0. The summed E-state index contributed by atoms with van der Waals surface area (Å²) in [7, 11) is 1.90. The van der Waals surface area contributed by atoms with Gasteiger partial charge in [-0.25, -0.2) is 0 Å². The van der Waals surface area contributed by atoms with E-state index < -0.39 is 0 Å².